The van der Waals surface area contributed by atoms with Crippen LogP contribution in [-0.4, -0.2) is 31.3 Å². The molecule has 0 unspecified atom stereocenters. The van der Waals surface area contributed by atoms with Gasteiger partial charge in [-0.1, -0.05) is 5.10 Å². The highest BCUT2D eigenvalue weighted by Crippen LogP contribution is 2.39. The number of amides is 1. The lowest BCUT2D eigenvalue weighted by Crippen LogP contribution is -2.14. The number of nitrogens with one attached hydrogen (secondary N) is 2. The summed E-state index contributed by atoms with van der Waals surface area (Å²) in [5.41, 5.74) is 0. The molecule has 2 heterocycles. The number of H-pyrrole nitrogens is 1. The molecule has 0 radical (unpaired) electrons. The molecule has 2 aromatic rings. The molecule has 1 aliphatic rings. The molecule has 2 aromatic heterocycles. The lowest BCUT2D eigenvalue weighted by Gasteiger charge is -1.93. The van der Waals surface area contributed by atoms with E-state index in [-0.39, 0.29) is 11.8 Å². The summed E-state index contributed by atoms with van der Waals surface area (Å²) >= 11 is 0. The van der Waals surface area contributed by atoms with Crippen LogP contribution in [0, 0.1) is 6.92 Å². The Balaban J connectivity index is 1.71. The summed E-state index contributed by atoms with van der Waals surface area (Å²) in [4.78, 5) is 15.5. The minimum Gasteiger partial charge on any atom is -0.408 e. The van der Waals surface area contributed by atoms with Crippen molar-refractivity contribution in [2.24, 2.45) is 0 Å². The fourth-order valence-electron chi connectivity index (χ4n) is 1.38. The van der Waals surface area contributed by atoms with Crippen LogP contribution >= 0.6 is 0 Å². The highest BCUT2D eigenvalue weighted by atomic mass is 16.4. The Morgan fingerprint density at radius 3 is 2.94 bits per heavy atom. The topological polar surface area (TPSA) is 110 Å². The van der Waals surface area contributed by atoms with Crippen molar-refractivity contribution >= 4 is 11.9 Å². The normalized spacial score (nSPS) is 14.9. The third-order valence-corrected chi connectivity index (χ3v) is 2.39. The van der Waals surface area contributed by atoms with Crippen LogP contribution in [0.2, 0.25) is 0 Å². The fraction of sp³-hybridized carbons (Fsp3) is 0.444. The first kappa shape index (κ1) is 9.94. The SMILES string of the molecule is Cc1nc(C(=O)Nc2nnc(C3CC3)o2)n[nH]1. The second kappa shape index (κ2) is 3.65. The predicted molar refractivity (Wildman–Crippen MR) is 55.3 cm³/mol. The van der Waals surface area contributed by atoms with Gasteiger partial charge in [-0.3, -0.25) is 15.2 Å². The van der Waals surface area contributed by atoms with Gasteiger partial charge in [0, 0.05) is 5.92 Å². The zero-order valence-electron chi connectivity index (χ0n) is 9.10. The maximum Gasteiger partial charge on any atom is 0.322 e. The van der Waals surface area contributed by atoms with E-state index in [1.165, 1.54) is 0 Å². The number of anilines is 1. The van der Waals surface area contributed by atoms with Crippen molar-refractivity contribution < 1.29 is 9.21 Å². The van der Waals surface area contributed by atoms with Gasteiger partial charge in [0.1, 0.15) is 5.82 Å². The number of hydrogen-bond acceptors (Lipinski definition) is 6. The Kier molecular flexibility index (Phi) is 2.13. The van der Waals surface area contributed by atoms with Crippen LogP contribution in [0.15, 0.2) is 4.42 Å². The van der Waals surface area contributed by atoms with Gasteiger partial charge in [0.05, 0.1) is 0 Å². The number of nitrogens with zero attached hydrogens (tertiary/aromatic N) is 4. The molecule has 1 fully saturated rings. The van der Waals surface area contributed by atoms with Crippen LogP contribution in [0.5, 0.6) is 0 Å². The molecule has 0 saturated heterocycles. The fourth-order valence-corrected chi connectivity index (χ4v) is 1.38. The van der Waals surface area contributed by atoms with Gasteiger partial charge in [-0.2, -0.15) is 0 Å². The average Bonchev–Trinajstić information content (AvgIpc) is 2.90. The summed E-state index contributed by atoms with van der Waals surface area (Å²) in [5.74, 6) is 1.08. The largest absolute Gasteiger partial charge is 0.408 e. The van der Waals surface area contributed by atoms with E-state index in [4.69, 9.17) is 4.42 Å². The summed E-state index contributed by atoms with van der Waals surface area (Å²) in [6.07, 6.45) is 2.13. The minimum atomic E-state index is -0.472. The van der Waals surface area contributed by atoms with Gasteiger partial charge in [-0.15, -0.1) is 10.2 Å². The van der Waals surface area contributed by atoms with E-state index in [9.17, 15) is 4.79 Å². The molecule has 17 heavy (non-hydrogen) atoms. The first-order chi connectivity index (χ1) is 8.22. The average molecular weight is 234 g/mol. The summed E-state index contributed by atoms with van der Waals surface area (Å²) in [5, 5.41) is 16.3. The van der Waals surface area contributed by atoms with E-state index >= 15 is 0 Å². The van der Waals surface area contributed by atoms with Crippen molar-refractivity contribution in [3.63, 3.8) is 0 Å². The third-order valence-electron chi connectivity index (χ3n) is 2.39. The van der Waals surface area contributed by atoms with Crippen molar-refractivity contribution in [2.75, 3.05) is 5.32 Å². The molecule has 0 aromatic carbocycles. The summed E-state index contributed by atoms with van der Waals surface area (Å²) < 4.78 is 5.29. The van der Waals surface area contributed by atoms with Crippen molar-refractivity contribution in [2.45, 2.75) is 25.7 Å². The smallest absolute Gasteiger partial charge is 0.322 e. The zero-order valence-corrected chi connectivity index (χ0v) is 9.10. The summed E-state index contributed by atoms with van der Waals surface area (Å²) in [6, 6.07) is 0.0827. The number of carbonyl (C=O) groups is 1. The van der Waals surface area contributed by atoms with Gasteiger partial charge < -0.3 is 4.42 Å². The van der Waals surface area contributed by atoms with Gasteiger partial charge in [-0.25, -0.2) is 4.98 Å². The van der Waals surface area contributed by atoms with Crippen molar-refractivity contribution in [3.05, 3.63) is 17.5 Å². The lowest BCUT2D eigenvalue weighted by atomic mass is 10.4. The number of aryl methyl sites for hydroxylation is 1. The van der Waals surface area contributed by atoms with Gasteiger partial charge >= 0.3 is 6.01 Å². The van der Waals surface area contributed by atoms with Gasteiger partial charge in [0.2, 0.25) is 11.7 Å². The van der Waals surface area contributed by atoms with Gasteiger partial charge in [0.25, 0.3) is 5.91 Å². The molecule has 8 nitrogen and oxygen atoms in total. The second-order valence-corrected chi connectivity index (χ2v) is 3.92. The minimum absolute atomic E-state index is 0.0497. The highest BCUT2D eigenvalue weighted by Gasteiger charge is 2.29. The van der Waals surface area contributed by atoms with Crippen LogP contribution < -0.4 is 5.32 Å². The van der Waals surface area contributed by atoms with E-state index in [0.29, 0.717) is 17.6 Å². The number of aromatic amines is 1. The van der Waals surface area contributed by atoms with E-state index in [0.717, 1.165) is 12.8 Å². The van der Waals surface area contributed by atoms with E-state index in [2.05, 4.69) is 30.7 Å². The Morgan fingerprint density at radius 1 is 1.47 bits per heavy atom. The number of aromatic nitrogens is 5. The van der Waals surface area contributed by atoms with Crippen molar-refractivity contribution in [1.82, 2.24) is 25.4 Å². The molecule has 0 atom stereocenters. The molecule has 3 rings (SSSR count). The number of carbonyl (C=O) groups excluding carboxylic acids is 1. The second-order valence-electron chi connectivity index (χ2n) is 3.92. The Labute approximate surface area is 95.8 Å². The van der Waals surface area contributed by atoms with Crippen molar-refractivity contribution in [1.29, 1.82) is 0 Å². The summed E-state index contributed by atoms with van der Waals surface area (Å²) in [7, 11) is 0. The quantitative estimate of drug-likeness (QED) is 0.805. The van der Waals surface area contributed by atoms with Gasteiger partial charge in [0.15, 0.2) is 0 Å². The van der Waals surface area contributed by atoms with E-state index < -0.39 is 5.91 Å². The molecule has 2 N–H and O–H groups in total. The molecule has 8 heteroatoms. The molecule has 1 aliphatic carbocycles. The van der Waals surface area contributed by atoms with Crippen LogP contribution in [0.1, 0.15) is 41.1 Å². The maximum absolute atomic E-state index is 11.6. The van der Waals surface area contributed by atoms with Crippen LogP contribution in [0.25, 0.3) is 0 Å². The van der Waals surface area contributed by atoms with Crippen LogP contribution in [0.3, 0.4) is 0 Å². The monoisotopic (exact) mass is 234 g/mol. The molecule has 0 aliphatic heterocycles. The zero-order chi connectivity index (χ0) is 11.8. The molecule has 1 amide bonds. The Morgan fingerprint density at radius 2 is 2.29 bits per heavy atom. The van der Waals surface area contributed by atoms with Crippen LogP contribution in [-0.2, 0) is 0 Å². The first-order valence-electron chi connectivity index (χ1n) is 5.26. The molecular formula is C9H10N6O2. The van der Waals surface area contributed by atoms with E-state index in [1.807, 2.05) is 0 Å². The lowest BCUT2D eigenvalue weighted by molar-refractivity contribution is 0.101. The molecule has 0 spiro atoms. The van der Waals surface area contributed by atoms with Crippen molar-refractivity contribution in [3.8, 4) is 0 Å². The molecule has 88 valence electrons. The van der Waals surface area contributed by atoms with E-state index in [1.54, 1.807) is 6.92 Å². The van der Waals surface area contributed by atoms with Crippen LogP contribution in [0.4, 0.5) is 6.01 Å². The molecular weight excluding hydrogens is 224 g/mol. The predicted octanol–water partition coefficient (Wildman–Crippen LogP) is 0.626. The number of rotatable bonds is 3. The molecule has 0 bridgehead atoms. The Bertz CT molecular complexity index is 555. The third kappa shape index (κ3) is 2.01. The Hall–Kier alpha value is -2.25. The van der Waals surface area contributed by atoms with Gasteiger partial charge in [-0.05, 0) is 19.8 Å². The highest BCUT2D eigenvalue weighted by molar-refractivity contribution is 6.00. The summed E-state index contributed by atoms with van der Waals surface area (Å²) in [6.45, 7) is 1.71. The maximum atomic E-state index is 11.6. The number of hydrogen-bond donors (Lipinski definition) is 2. The standard InChI is InChI=1S/C9H10N6O2/c1-4-10-6(13-12-4)7(16)11-9-15-14-8(17-9)5-2-3-5/h5H,2-3H2,1H3,(H,10,12,13)(H,11,15,16). The first-order valence-corrected chi connectivity index (χ1v) is 5.26. The molecule has 1 saturated carbocycles.